The van der Waals surface area contributed by atoms with Crippen molar-refractivity contribution in [1.82, 2.24) is 15.1 Å². The van der Waals surface area contributed by atoms with Crippen molar-refractivity contribution >= 4 is 6.03 Å². The standard InChI is InChI=1S/C12H25N3O3/c1-12(18,9-16)8-13-10-4-6-15(7-5-10)11(17)14(2)3/h10,13,16,18H,4-9H2,1-3H3. The van der Waals surface area contributed by atoms with Crippen LogP contribution in [0, 0.1) is 0 Å². The number of aliphatic hydroxyl groups excluding tert-OH is 1. The third kappa shape index (κ3) is 4.44. The Labute approximate surface area is 109 Å². The van der Waals surface area contributed by atoms with Crippen LogP contribution < -0.4 is 5.32 Å². The SMILES string of the molecule is CN(C)C(=O)N1CCC(NCC(C)(O)CO)CC1. The van der Waals surface area contributed by atoms with Gasteiger partial charge in [0, 0.05) is 39.8 Å². The van der Waals surface area contributed by atoms with Gasteiger partial charge in [-0.1, -0.05) is 0 Å². The number of urea groups is 1. The summed E-state index contributed by atoms with van der Waals surface area (Å²) in [6, 6.07) is 0.352. The van der Waals surface area contributed by atoms with Gasteiger partial charge in [0.1, 0.15) is 0 Å². The molecule has 6 heteroatoms. The molecule has 3 N–H and O–H groups in total. The van der Waals surface area contributed by atoms with Gasteiger partial charge in [0.25, 0.3) is 0 Å². The summed E-state index contributed by atoms with van der Waals surface area (Å²) in [6.07, 6.45) is 1.75. The smallest absolute Gasteiger partial charge is 0.319 e. The molecule has 0 aromatic rings. The maximum atomic E-state index is 11.7. The van der Waals surface area contributed by atoms with Crippen molar-refractivity contribution in [3.8, 4) is 0 Å². The number of likely N-dealkylation sites (tertiary alicyclic amines) is 1. The van der Waals surface area contributed by atoms with Crippen molar-refractivity contribution in [2.75, 3.05) is 40.3 Å². The van der Waals surface area contributed by atoms with E-state index in [1.165, 1.54) is 0 Å². The van der Waals surface area contributed by atoms with Crippen LogP contribution in [0.1, 0.15) is 19.8 Å². The molecular formula is C12H25N3O3. The van der Waals surface area contributed by atoms with E-state index in [4.69, 9.17) is 5.11 Å². The first-order valence-electron chi connectivity index (χ1n) is 6.38. The second-order valence-corrected chi connectivity index (χ2v) is 5.47. The van der Waals surface area contributed by atoms with Gasteiger partial charge in [0.2, 0.25) is 0 Å². The molecule has 1 unspecified atom stereocenters. The largest absolute Gasteiger partial charge is 0.393 e. The van der Waals surface area contributed by atoms with E-state index in [2.05, 4.69) is 5.32 Å². The van der Waals surface area contributed by atoms with Crippen LogP contribution in [0.25, 0.3) is 0 Å². The number of hydrogen-bond donors (Lipinski definition) is 3. The average molecular weight is 259 g/mol. The van der Waals surface area contributed by atoms with Crippen LogP contribution >= 0.6 is 0 Å². The van der Waals surface area contributed by atoms with E-state index < -0.39 is 5.60 Å². The van der Waals surface area contributed by atoms with E-state index >= 15 is 0 Å². The predicted octanol–water partition coefficient (Wildman–Crippen LogP) is -0.535. The highest BCUT2D eigenvalue weighted by molar-refractivity contribution is 5.73. The third-order valence-electron chi connectivity index (χ3n) is 3.26. The number of nitrogens with one attached hydrogen (secondary N) is 1. The first kappa shape index (κ1) is 15.2. The van der Waals surface area contributed by atoms with E-state index in [1.807, 2.05) is 4.90 Å². The van der Waals surface area contributed by atoms with Crippen LogP contribution in [0.4, 0.5) is 4.79 Å². The molecule has 1 rings (SSSR count). The Kier molecular flexibility index (Phi) is 5.37. The molecule has 18 heavy (non-hydrogen) atoms. The van der Waals surface area contributed by atoms with Crippen LogP contribution in [0.15, 0.2) is 0 Å². The lowest BCUT2D eigenvalue weighted by atomic mass is 10.0. The minimum Gasteiger partial charge on any atom is -0.393 e. The van der Waals surface area contributed by atoms with Crippen LogP contribution in [0.3, 0.4) is 0 Å². The van der Waals surface area contributed by atoms with Crippen LogP contribution in [-0.2, 0) is 0 Å². The minimum atomic E-state index is -1.07. The lowest BCUT2D eigenvalue weighted by molar-refractivity contribution is -0.000695. The van der Waals surface area contributed by atoms with Gasteiger partial charge in [-0.15, -0.1) is 0 Å². The Morgan fingerprint density at radius 3 is 2.44 bits per heavy atom. The van der Waals surface area contributed by atoms with Gasteiger partial charge < -0.3 is 25.3 Å². The summed E-state index contributed by atoms with van der Waals surface area (Å²) in [5.74, 6) is 0. The van der Waals surface area contributed by atoms with E-state index in [1.54, 1.807) is 25.9 Å². The van der Waals surface area contributed by atoms with E-state index in [0.717, 1.165) is 25.9 Å². The zero-order valence-electron chi connectivity index (χ0n) is 11.5. The maximum Gasteiger partial charge on any atom is 0.319 e. The summed E-state index contributed by atoms with van der Waals surface area (Å²) in [6.45, 7) is 3.18. The summed E-state index contributed by atoms with van der Waals surface area (Å²) in [5, 5.41) is 21.9. The van der Waals surface area contributed by atoms with Crippen LogP contribution in [0.2, 0.25) is 0 Å². The highest BCUT2D eigenvalue weighted by Crippen LogP contribution is 2.12. The van der Waals surface area contributed by atoms with Gasteiger partial charge in [-0.2, -0.15) is 0 Å². The topological polar surface area (TPSA) is 76.0 Å². The third-order valence-corrected chi connectivity index (χ3v) is 3.26. The molecule has 0 aliphatic carbocycles. The Hall–Kier alpha value is -0.850. The Morgan fingerprint density at radius 1 is 1.44 bits per heavy atom. The van der Waals surface area contributed by atoms with Crippen molar-refractivity contribution in [2.45, 2.75) is 31.4 Å². The average Bonchev–Trinajstić information content (AvgIpc) is 2.36. The number of aliphatic hydroxyl groups is 2. The van der Waals surface area contributed by atoms with Crippen molar-refractivity contribution in [1.29, 1.82) is 0 Å². The quantitative estimate of drug-likeness (QED) is 0.634. The summed E-state index contributed by atoms with van der Waals surface area (Å²) < 4.78 is 0. The molecule has 1 heterocycles. The number of carbonyl (C=O) groups excluding carboxylic acids is 1. The maximum absolute atomic E-state index is 11.7. The molecule has 0 radical (unpaired) electrons. The zero-order chi connectivity index (χ0) is 13.8. The summed E-state index contributed by atoms with van der Waals surface area (Å²) >= 11 is 0. The van der Waals surface area contributed by atoms with Gasteiger partial charge in [-0.3, -0.25) is 0 Å². The van der Waals surface area contributed by atoms with Crippen molar-refractivity contribution in [2.24, 2.45) is 0 Å². The van der Waals surface area contributed by atoms with Crippen LogP contribution in [-0.4, -0.2) is 78.0 Å². The van der Waals surface area contributed by atoms with Crippen molar-refractivity contribution in [3.63, 3.8) is 0 Å². The Morgan fingerprint density at radius 2 is 2.00 bits per heavy atom. The monoisotopic (exact) mass is 259 g/mol. The highest BCUT2D eigenvalue weighted by atomic mass is 16.3. The Bertz CT molecular complexity index is 274. The lowest BCUT2D eigenvalue weighted by Crippen LogP contribution is -2.51. The van der Waals surface area contributed by atoms with E-state index in [0.29, 0.717) is 12.6 Å². The van der Waals surface area contributed by atoms with Crippen LogP contribution in [0.5, 0.6) is 0 Å². The minimum absolute atomic E-state index is 0.0517. The molecule has 0 saturated carbocycles. The molecule has 0 bridgehead atoms. The van der Waals surface area contributed by atoms with Crippen molar-refractivity contribution < 1.29 is 15.0 Å². The number of hydrogen-bond acceptors (Lipinski definition) is 4. The fraction of sp³-hybridized carbons (Fsp3) is 0.917. The second kappa shape index (κ2) is 6.36. The summed E-state index contributed by atoms with van der Waals surface area (Å²) in [4.78, 5) is 15.1. The first-order valence-corrected chi connectivity index (χ1v) is 6.38. The Balaban J connectivity index is 2.30. The summed E-state index contributed by atoms with van der Waals surface area (Å²) in [5.41, 5.74) is -1.07. The van der Waals surface area contributed by atoms with E-state index in [9.17, 15) is 9.90 Å². The van der Waals surface area contributed by atoms with Gasteiger partial charge >= 0.3 is 6.03 Å². The van der Waals surface area contributed by atoms with Gasteiger partial charge in [-0.05, 0) is 19.8 Å². The molecule has 0 aromatic heterocycles. The second-order valence-electron chi connectivity index (χ2n) is 5.47. The van der Waals surface area contributed by atoms with E-state index in [-0.39, 0.29) is 12.6 Å². The zero-order valence-corrected chi connectivity index (χ0v) is 11.5. The van der Waals surface area contributed by atoms with Gasteiger partial charge in [0.15, 0.2) is 0 Å². The molecule has 1 aliphatic heterocycles. The molecular weight excluding hydrogens is 234 g/mol. The number of amides is 2. The molecule has 1 aliphatic rings. The summed E-state index contributed by atoms with van der Waals surface area (Å²) in [7, 11) is 3.51. The number of piperidine rings is 1. The number of carbonyl (C=O) groups is 1. The molecule has 1 atom stereocenters. The number of nitrogens with zero attached hydrogens (tertiary/aromatic N) is 2. The van der Waals surface area contributed by atoms with Gasteiger partial charge in [-0.25, -0.2) is 4.79 Å². The molecule has 0 aromatic carbocycles. The van der Waals surface area contributed by atoms with Crippen molar-refractivity contribution in [3.05, 3.63) is 0 Å². The normalized spacial score (nSPS) is 20.6. The molecule has 2 amide bonds. The highest BCUT2D eigenvalue weighted by Gasteiger charge is 2.26. The van der Waals surface area contributed by atoms with Gasteiger partial charge in [0.05, 0.1) is 12.2 Å². The fourth-order valence-electron chi connectivity index (χ4n) is 1.98. The first-order chi connectivity index (χ1) is 8.35. The fourth-order valence-corrected chi connectivity index (χ4v) is 1.98. The number of rotatable bonds is 4. The molecule has 106 valence electrons. The predicted molar refractivity (Wildman–Crippen MR) is 69.4 cm³/mol. The lowest BCUT2D eigenvalue weighted by Gasteiger charge is -2.35. The molecule has 0 spiro atoms. The molecule has 1 fully saturated rings. The molecule has 6 nitrogen and oxygen atoms in total. The molecule has 1 saturated heterocycles.